The summed E-state index contributed by atoms with van der Waals surface area (Å²) in [4.78, 5) is 12.0. The topological polar surface area (TPSA) is 96.8 Å². The molecule has 0 bridgehead atoms. The van der Waals surface area contributed by atoms with Crippen LogP contribution < -0.4 is 20.9 Å². The largest absolute Gasteiger partial charge is 0.494 e. The Balaban J connectivity index is 1.27. The van der Waals surface area contributed by atoms with E-state index in [0.29, 0.717) is 17.9 Å². The molecular formula is C37H43F7N2O4. The van der Waals surface area contributed by atoms with Crippen LogP contribution in [0.5, 0.6) is 11.5 Å². The third-order valence-corrected chi connectivity index (χ3v) is 7.80. The molecule has 0 aliphatic heterocycles. The molecule has 0 fully saturated rings. The molecule has 0 radical (unpaired) electrons. The summed E-state index contributed by atoms with van der Waals surface area (Å²) >= 11 is 0. The number of hydrogen-bond donors (Lipinski definition) is 2. The van der Waals surface area contributed by atoms with Crippen molar-refractivity contribution in [1.82, 2.24) is 0 Å². The van der Waals surface area contributed by atoms with E-state index in [0.717, 1.165) is 93.3 Å². The maximum atomic E-state index is 14.7. The second kappa shape index (κ2) is 19.1. The summed E-state index contributed by atoms with van der Waals surface area (Å²) in [5.41, 5.74) is 14.3. The molecule has 6 nitrogen and oxygen atoms in total. The summed E-state index contributed by atoms with van der Waals surface area (Å²) in [7, 11) is 0. The summed E-state index contributed by atoms with van der Waals surface area (Å²) < 4.78 is 107. The van der Waals surface area contributed by atoms with E-state index in [1.807, 2.05) is 12.1 Å². The number of alkyl halides is 7. The number of carbonyl (C=O) groups excluding carboxylic acids is 1. The van der Waals surface area contributed by atoms with Gasteiger partial charge in [-0.25, -0.2) is 4.79 Å². The summed E-state index contributed by atoms with van der Waals surface area (Å²) in [6.07, 6.45) is 0.711. The second-order valence-corrected chi connectivity index (χ2v) is 11.9. The number of anilines is 2. The van der Waals surface area contributed by atoms with Crippen LogP contribution in [0, 0.1) is 0 Å². The van der Waals surface area contributed by atoms with Crippen LogP contribution in [-0.2, 0) is 22.1 Å². The molecule has 0 saturated heterocycles. The lowest BCUT2D eigenvalue weighted by atomic mass is 10.0. The van der Waals surface area contributed by atoms with Crippen LogP contribution in [0.15, 0.2) is 72.8 Å². The van der Waals surface area contributed by atoms with Gasteiger partial charge in [0, 0.05) is 23.9 Å². The zero-order valence-corrected chi connectivity index (χ0v) is 27.6. The number of halogens is 7. The lowest BCUT2D eigenvalue weighted by molar-refractivity contribution is -0.284. The average molecular weight is 713 g/mol. The molecule has 0 aromatic heterocycles. The fourth-order valence-electron chi connectivity index (χ4n) is 4.93. The molecule has 3 aromatic carbocycles. The molecule has 0 aliphatic carbocycles. The Morgan fingerprint density at radius 2 is 1.28 bits per heavy atom. The number of rotatable bonds is 21. The normalized spacial score (nSPS) is 12.3. The maximum Gasteiger partial charge on any atom is 0.453 e. The molecule has 4 N–H and O–H groups in total. The summed E-state index contributed by atoms with van der Waals surface area (Å²) in [5.74, 6) is -5.47. The van der Waals surface area contributed by atoms with Gasteiger partial charge in [0.2, 0.25) is 0 Å². The first kappa shape index (κ1) is 40.0. The minimum Gasteiger partial charge on any atom is -0.494 e. The van der Waals surface area contributed by atoms with Gasteiger partial charge in [-0.2, -0.15) is 30.7 Å². The molecular weight excluding hydrogens is 669 g/mol. The van der Waals surface area contributed by atoms with E-state index in [-0.39, 0.29) is 11.5 Å². The highest BCUT2D eigenvalue weighted by Crippen LogP contribution is 2.39. The molecule has 13 heteroatoms. The predicted octanol–water partition coefficient (Wildman–Crippen LogP) is 10.3. The number of esters is 1. The highest BCUT2D eigenvalue weighted by Gasteiger charge is 2.56. The number of hydrogen-bond acceptors (Lipinski definition) is 6. The fraction of sp³-hybridized carbons (Fsp3) is 0.432. The third kappa shape index (κ3) is 13.8. The zero-order valence-electron chi connectivity index (χ0n) is 27.6. The van der Waals surface area contributed by atoms with Crippen LogP contribution in [0.1, 0.15) is 80.9 Å². The van der Waals surface area contributed by atoms with Crippen molar-refractivity contribution in [3.8, 4) is 11.5 Å². The van der Waals surface area contributed by atoms with Crippen molar-refractivity contribution in [2.75, 3.05) is 24.7 Å². The standard InChI is InChI=1S/C37H43F7N2O4/c38-35(39,37(42,43)44)23-9-25-48-31-20-15-29(16-21-31)36(40,41)50-32-18-11-27(12-19-32)13-22-34(47)49-24-8-6-4-2-1-3-5-7-10-28-14-17-30(45)26-33(28)46/h11-22,26H,1-10,23-25,45-46H2/b22-13+. The van der Waals surface area contributed by atoms with E-state index in [4.69, 9.17) is 25.7 Å². The van der Waals surface area contributed by atoms with Crippen molar-refractivity contribution in [2.45, 2.75) is 88.8 Å². The van der Waals surface area contributed by atoms with Gasteiger partial charge in [-0.3, -0.25) is 0 Å². The Morgan fingerprint density at radius 3 is 1.90 bits per heavy atom. The second-order valence-electron chi connectivity index (χ2n) is 11.9. The van der Waals surface area contributed by atoms with Crippen LogP contribution in [-0.4, -0.2) is 31.3 Å². The molecule has 3 rings (SSSR count). The van der Waals surface area contributed by atoms with Gasteiger partial charge >= 0.3 is 24.2 Å². The molecule has 274 valence electrons. The lowest BCUT2D eigenvalue weighted by Crippen LogP contribution is -2.36. The van der Waals surface area contributed by atoms with E-state index in [1.165, 1.54) is 36.4 Å². The summed E-state index contributed by atoms with van der Waals surface area (Å²) in [6.45, 7) is -0.148. The Bertz CT molecular complexity index is 1500. The number of unbranched alkanes of at least 4 members (excludes halogenated alkanes) is 7. The van der Waals surface area contributed by atoms with Crippen LogP contribution in [0.25, 0.3) is 6.08 Å². The number of carbonyl (C=O) groups is 1. The van der Waals surface area contributed by atoms with Crippen LogP contribution >= 0.6 is 0 Å². The highest BCUT2D eigenvalue weighted by atomic mass is 19.4. The smallest absolute Gasteiger partial charge is 0.453 e. The highest BCUT2D eigenvalue weighted by molar-refractivity contribution is 5.87. The van der Waals surface area contributed by atoms with Crippen molar-refractivity contribution < 1.29 is 49.7 Å². The Morgan fingerprint density at radius 1 is 0.680 bits per heavy atom. The monoisotopic (exact) mass is 712 g/mol. The minimum absolute atomic E-state index is 0.0188. The van der Waals surface area contributed by atoms with Crippen molar-refractivity contribution in [3.63, 3.8) is 0 Å². The fourth-order valence-corrected chi connectivity index (χ4v) is 4.93. The average Bonchev–Trinajstić information content (AvgIpc) is 3.05. The van der Waals surface area contributed by atoms with Gasteiger partial charge in [0.15, 0.2) is 0 Å². The van der Waals surface area contributed by atoms with Gasteiger partial charge in [-0.1, -0.05) is 56.7 Å². The molecule has 0 amide bonds. The number of aryl methyl sites for hydroxylation is 1. The Labute approximate surface area is 287 Å². The molecule has 0 atom stereocenters. The van der Waals surface area contributed by atoms with Crippen molar-refractivity contribution in [3.05, 3.63) is 89.5 Å². The molecule has 0 heterocycles. The van der Waals surface area contributed by atoms with Crippen molar-refractivity contribution in [2.24, 2.45) is 0 Å². The first-order valence-corrected chi connectivity index (χ1v) is 16.5. The van der Waals surface area contributed by atoms with E-state index in [1.54, 1.807) is 6.07 Å². The van der Waals surface area contributed by atoms with Crippen molar-refractivity contribution in [1.29, 1.82) is 0 Å². The molecule has 3 aromatic rings. The number of benzene rings is 3. The lowest BCUT2D eigenvalue weighted by Gasteiger charge is -2.20. The van der Waals surface area contributed by atoms with Gasteiger partial charge in [0.05, 0.1) is 18.8 Å². The van der Waals surface area contributed by atoms with Gasteiger partial charge in [-0.05, 0) is 91.4 Å². The van der Waals surface area contributed by atoms with E-state index in [9.17, 15) is 35.5 Å². The minimum atomic E-state index is -5.65. The molecule has 0 aliphatic rings. The molecule has 0 unspecified atom stereocenters. The van der Waals surface area contributed by atoms with Crippen LogP contribution in [0.2, 0.25) is 0 Å². The van der Waals surface area contributed by atoms with Gasteiger partial charge in [0.25, 0.3) is 0 Å². The summed E-state index contributed by atoms with van der Waals surface area (Å²) in [6, 6.07) is 15.5. The van der Waals surface area contributed by atoms with Gasteiger partial charge in [-0.15, -0.1) is 0 Å². The first-order valence-electron chi connectivity index (χ1n) is 16.5. The predicted molar refractivity (Wildman–Crippen MR) is 179 cm³/mol. The summed E-state index contributed by atoms with van der Waals surface area (Å²) in [5, 5.41) is 0. The number of nitrogens with two attached hydrogens (primary N) is 2. The van der Waals surface area contributed by atoms with Gasteiger partial charge in [0.1, 0.15) is 11.5 Å². The Hall–Kier alpha value is -4.42. The van der Waals surface area contributed by atoms with Crippen LogP contribution in [0.4, 0.5) is 42.1 Å². The van der Waals surface area contributed by atoms with Gasteiger partial charge < -0.3 is 25.7 Å². The van der Waals surface area contributed by atoms with E-state index in [2.05, 4.69) is 0 Å². The number of ether oxygens (including phenoxy) is 3. The maximum absolute atomic E-state index is 14.7. The molecule has 0 saturated carbocycles. The van der Waals surface area contributed by atoms with E-state index < -0.39 is 49.2 Å². The van der Waals surface area contributed by atoms with Crippen molar-refractivity contribution >= 4 is 23.4 Å². The van der Waals surface area contributed by atoms with Crippen LogP contribution in [0.3, 0.4) is 0 Å². The molecule has 0 spiro atoms. The zero-order chi connectivity index (χ0) is 36.6. The SMILES string of the molecule is Nc1ccc(CCCCCCCCCCOC(=O)/C=C/c2ccc(OC(F)(F)c3ccc(OCCCC(F)(F)C(F)(F)F)cc3)cc2)c(N)c1. The van der Waals surface area contributed by atoms with E-state index >= 15 is 0 Å². The quantitative estimate of drug-likeness (QED) is 0.0375. The number of nitrogen functional groups attached to an aromatic ring is 2. The molecule has 50 heavy (non-hydrogen) atoms. The Kier molecular flexibility index (Phi) is 15.3. The third-order valence-electron chi connectivity index (χ3n) is 7.80. The first-order chi connectivity index (χ1) is 23.7.